The Hall–Kier alpha value is -0.610. The number of hydrogen-bond acceptors (Lipinski definition) is 3. The molecule has 0 radical (unpaired) electrons. The van der Waals surface area contributed by atoms with Crippen molar-refractivity contribution in [1.29, 1.82) is 0 Å². The van der Waals surface area contributed by atoms with Crippen LogP contribution in [0.5, 0.6) is 0 Å². The Morgan fingerprint density at radius 3 is 2.63 bits per heavy atom. The van der Waals surface area contributed by atoms with Crippen LogP contribution < -0.4 is 5.73 Å². The summed E-state index contributed by atoms with van der Waals surface area (Å²) in [5.74, 6) is 0.722. The van der Waals surface area contributed by atoms with Gasteiger partial charge in [-0.3, -0.25) is 4.79 Å². The number of aliphatic hydroxyl groups excluding tert-OH is 1. The first-order valence-corrected chi connectivity index (χ1v) is 7.73. The second kappa shape index (κ2) is 8.54. The van der Waals surface area contributed by atoms with Crippen LogP contribution in [0.15, 0.2) is 0 Å². The number of carbonyl (C=O) groups excluding carboxylic acids is 1. The van der Waals surface area contributed by atoms with Gasteiger partial charge < -0.3 is 15.7 Å². The summed E-state index contributed by atoms with van der Waals surface area (Å²) in [7, 11) is 1.84. The van der Waals surface area contributed by atoms with Crippen LogP contribution in [0.2, 0.25) is 0 Å². The molecule has 1 fully saturated rings. The van der Waals surface area contributed by atoms with E-state index >= 15 is 0 Å². The highest BCUT2D eigenvalue weighted by Gasteiger charge is 2.29. The van der Waals surface area contributed by atoms with Crippen molar-refractivity contribution in [2.45, 2.75) is 70.4 Å². The van der Waals surface area contributed by atoms with Crippen LogP contribution in [0.4, 0.5) is 0 Å². The van der Waals surface area contributed by atoms with E-state index in [0.717, 1.165) is 44.9 Å². The first-order valence-electron chi connectivity index (χ1n) is 7.73. The molecule has 0 spiro atoms. The maximum Gasteiger partial charge on any atom is 0.222 e. The van der Waals surface area contributed by atoms with Crippen LogP contribution in [0.1, 0.15) is 58.3 Å². The van der Waals surface area contributed by atoms with Crippen LogP contribution in [0.3, 0.4) is 0 Å². The van der Waals surface area contributed by atoms with Crippen molar-refractivity contribution in [3.05, 3.63) is 0 Å². The Kier molecular flexibility index (Phi) is 7.39. The molecule has 0 aromatic carbocycles. The van der Waals surface area contributed by atoms with E-state index in [1.54, 1.807) is 4.90 Å². The van der Waals surface area contributed by atoms with E-state index < -0.39 is 0 Å². The summed E-state index contributed by atoms with van der Waals surface area (Å²) in [6, 6.07) is 0.0239. The number of nitrogens with two attached hydrogens (primary N) is 1. The first-order chi connectivity index (χ1) is 9.10. The van der Waals surface area contributed by atoms with Crippen molar-refractivity contribution < 1.29 is 9.90 Å². The molecule has 0 aliphatic heterocycles. The molecule has 4 heteroatoms. The normalized spacial score (nSPS) is 25.1. The van der Waals surface area contributed by atoms with Crippen molar-refractivity contribution in [3.8, 4) is 0 Å². The Labute approximate surface area is 117 Å². The van der Waals surface area contributed by atoms with Crippen molar-refractivity contribution in [1.82, 2.24) is 4.90 Å². The van der Waals surface area contributed by atoms with Gasteiger partial charge in [0.1, 0.15) is 0 Å². The van der Waals surface area contributed by atoms with Crippen LogP contribution in [0, 0.1) is 5.92 Å². The molecule has 19 heavy (non-hydrogen) atoms. The molecule has 0 heterocycles. The number of carbonyl (C=O) groups is 1. The van der Waals surface area contributed by atoms with E-state index in [-0.39, 0.29) is 18.1 Å². The van der Waals surface area contributed by atoms with Crippen LogP contribution >= 0.6 is 0 Å². The average Bonchev–Trinajstić information content (AvgIpc) is 2.42. The quantitative estimate of drug-likeness (QED) is 0.742. The average molecular weight is 270 g/mol. The van der Waals surface area contributed by atoms with E-state index in [1.165, 1.54) is 0 Å². The Bertz CT molecular complexity index is 271. The molecule has 0 aromatic rings. The van der Waals surface area contributed by atoms with Gasteiger partial charge in [-0.15, -0.1) is 0 Å². The van der Waals surface area contributed by atoms with Gasteiger partial charge in [-0.25, -0.2) is 0 Å². The van der Waals surface area contributed by atoms with E-state index in [9.17, 15) is 9.90 Å². The van der Waals surface area contributed by atoms with Gasteiger partial charge in [0.2, 0.25) is 5.91 Å². The lowest BCUT2D eigenvalue weighted by Crippen LogP contribution is -2.46. The lowest BCUT2D eigenvalue weighted by Gasteiger charge is -2.35. The minimum absolute atomic E-state index is 0.0239. The lowest BCUT2D eigenvalue weighted by molar-refractivity contribution is -0.135. The number of hydrogen-bond donors (Lipinski definition) is 2. The minimum atomic E-state index is -0.339. The number of rotatable bonds is 7. The zero-order chi connectivity index (χ0) is 14.3. The highest BCUT2D eigenvalue weighted by atomic mass is 16.3. The molecule has 3 N–H and O–H groups in total. The second-order valence-corrected chi connectivity index (χ2v) is 5.81. The molecule has 1 aliphatic rings. The molecule has 3 atom stereocenters. The molecule has 0 bridgehead atoms. The standard InChI is InChI=1S/C15H30N2O2/c1-3-12(10-11-16)8-9-15(19)17(2)13-6-4-5-7-14(13)18/h12-14,18H,3-11,16H2,1-2H3. The van der Waals surface area contributed by atoms with Gasteiger partial charge >= 0.3 is 0 Å². The molecule has 4 nitrogen and oxygen atoms in total. The molecule has 0 aromatic heterocycles. The van der Waals surface area contributed by atoms with Crippen molar-refractivity contribution in [2.24, 2.45) is 11.7 Å². The smallest absolute Gasteiger partial charge is 0.222 e. The molecule has 1 saturated carbocycles. The summed E-state index contributed by atoms with van der Waals surface area (Å²) in [5.41, 5.74) is 5.58. The number of likely N-dealkylation sites (N-methyl/N-ethyl adjacent to an activating group) is 1. The molecule has 3 unspecified atom stereocenters. The van der Waals surface area contributed by atoms with Gasteiger partial charge in [0, 0.05) is 13.5 Å². The summed E-state index contributed by atoms with van der Waals surface area (Å²) in [4.78, 5) is 14.0. The van der Waals surface area contributed by atoms with Crippen molar-refractivity contribution in [2.75, 3.05) is 13.6 Å². The maximum absolute atomic E-state index is 12.2. The van der Waals surface area contributed by atoms with Gasteiger partial charge in [-0.1, -0.05) is 26.2 Å². The topological polar surface area (TPSA) is 66.6 Å². The third-order valence-corrected chi connectivity index (χ3v) is 4.50. The maximum atomic E-state index is 12.2. The van der Waals surface area contributed by atoms with Crippen molar-refractivity contribution in [3.63, 3.8) is 0 Å². The predicted molar refractivity (Wildman–Crippen MR) is 77.7 cm³/mol. The second-order valence-electron chi connectivity index (χ2n) is 5.81. The number of amides is 1. The fourth-order valence-corrected chi connectivity index (χ4v) is 3.02. The Morgan fingerprint density at radius 2 is 2.05 bits per heavy atom. The largest absolute Gasteiger partial charge is 0.391 e. The summed E-state index contributed by atoms with van der Waals surface area (Å²) in [6.07, 6.45) is 7.19. The highest BCUT2D eigenvalue weighted by Crippen LogP contribution is 2.23. The van der Waals surface area contributed by atoms with Crippen LogP contribution in [0.25, 0.3) is 0 Å². The minimum Gasteiger partial charge on any atom is -0.391 e. The predicted octanol–water partition coefficient (Wildman–Crippen LogP) is 1.90. The van der Waals surface area contributed by atoms with E-state index in [4.69, 9.17) is 5.73 Å². The van der Waals surface area contributed by atoms with Gasteiger partial charge in [-0.05, 0) is 38.1 Å². The van der Waals surface area contributed by atoms with Gasteiger partial charge in [0.25, 0.3) is 0 Å². The third kappa shape index (κ3) is 5.11. The summed E-state index contributed by atoms with van der Waals surface area (Å²) in [5, 5.41) is 9.99. The molecule has 1 aliphatic carbocycles. The fraction of sp³-hybridized carbons (Fsp3) is 0.933. The zero-order valence-electron chi connectivity index (χ0n) is 12.5. The molecular weight excluding hydrogens is 240 g/mol. The molecule has 1 rings (SSSR count). The van der Waals surface area contributed by atoms with Gasteiger partial charge in [0.05, 0.1) is 12.1 Å². The number of nitrogens with zero attached hydrogens (tertiary/aromatic N) is 1. The molecule has 112 valence electrons. The summed E-state index contributed by atoms with van der Waals surface area (Å²) >= 11 is 0. The molecular formula is C15H30N2O2. The van der Waals surface area contributed by atoms with Gasteiger partial charge in [-0.2, -0.15) is 0 Å². The fourth-order valence-electron chi connectivity index (χ4n) is 3.02. The zero-order valence-corrected chi connectivity index (χ0v) is 12.5. The SMILES string of the molecule is CCC(CCN)CCC(=O)N(C)C1CCCCC1O. The van der Waals surface area contributed by atoms with Crippen LogP contribution in [-0.2, 0) is 4.79 Å². The van der Waals surface area contributed by atoms with Gasteiger partial charge in [0.15, 0.2) is 0 Å². The van der Waals surface area contributed by atoms with E-state index in [2.05, 4.69) is 6.92 Å². The number of aliphatic hydroxyl groups is 1. The van der Waals surface area contributed by atoms with E-state index in [1.807, 2.05) is 7.05 Å². The molecule has 1 amide bonds. The Morgan fingerprint density at radius 1 is 1.37 bits per heavy atom. The van der Waals surface area contributed by atoms with Crippen LogP contribution in [-0.4, -0.2) is 41.7 Å². The first kappa shape index (κ1) is 16.4. The van der Waals surface area contributed by atoms with E-state index in [0.29, 0.717) is 18.9 Å². The summed E-state index contributed by atoms with van der Waals surface area (Å²) < 4.78 is 0. The highest BCUT2D eigenvalue weighted by molar-refractivity contribution is 5.76. The monoisotopic (exact) mass is 270 g/mol. The summed E-state index contributed by atoms with van der Waals surface area (Å²) in [6.45, 7) is 2.85. The third-order valence-electron chi connectivity index (χ3n) is 4.50. The molecule has 0 saturated heterocycles. The van der Waals surface area contributed by atoms with Crippen molar-refractivity contribution >= 4 is 5.91 Å². The lowest BCUT2D eigenvalue weighted by atomic mass is 9.91. The Balaban J connectivity index is 2.39.